The molecular formula is C20H34O4Zn. The maximum atomic E-state index is 10.1. The number of hydrogen-bond acceptors (Lipinski definition) is 4. The molecule has 0 radical (unpaired) electrons. The van der Waals surface area contributed by atoms with Gasteiger partial charge in [0, 0.05) is 11.9 Å². The summed E-state index contributed by atoms with van der Waals surface area (Å²) in [5, 5.41) is 20.3. The number of carboxylic acids is 2. The Morgan fingerprint density at radius 3 is 1.24 bits per heavy atom. The van der Waals surface area contributed by atoms with E-state index in [-0.39, 0.29) is 32.3 Å². The van der Waals surface area contributed by atoms with E-state index in [4.69, 9.17) is 0 Å². The molecule has 2 fully saturated rings. The van der Waals surface area contributed by atoms with E-state index in [2.05, 4.69) is 0 Å². The van der Waals surface area contributed by atoms with Crippen LogP contribution in [0.4, 0.5) is 0 Å². The molecule has 0 spiro atoms. The normalized spacial score (nSPS) is 18.6. The quantitative estimate of drug-likeness (QED) is 0.583. The fraction of sp³-hybridized carbons (Fsp3) is 0.900. The predicted octanol–water partition coefficient (Wildman–Crippen LogP) is 2.97. The monoisotopic (exact) mass is 402 g/mol. The summed E-state index contributed by atoms with van der Waals surface area (Å²) >= 11 is 0. The van der Waals surface area contributed by atoms with Crippen LogP contribution in [0.1, 0.15) is 103 Å². The third-order valence-electron chi connectivity index (χ3n) is 5.44. The summed E-state index contributed by atoms with van der Waals surface area (Å²) in [6, 6.07) is 0. The van der Waals surface area contributed by atoms with Gasteiger partial charge in [-0.3, -0.25) is 0 Å². The molecule has 4 nitrogen and oxygen atoms in total. The molecule has 0 bridgehead atoms. The Bertz CT molecular complexity index is 314. The zero-order valence-corrected chi connectivity index (χ0v) is 18.8. The predicted molar refractivity (Wildman–Crippen MR) is 90.9 cm³/mol. The van der Waals surface area contributed by atoms with Crippen LogP contribution in [0.2, 0.25) is 0 Å². The van der Waals surface area contributed by atoms with E-state index in [0.717, 1.165) is 37.5 Å². The molecule has 0 heterocycles. The molecule has 0 atom stereocenters. The summed E-state index contributed by atoms with van der Waals surface area (Å²) in [5.74, 6) is -0.187. The van der Waals surface area contributed by atoms with Crippen LogP contribution >= 0.6 is 0 Å². The van der Waals surface area contributed by atoms with Crippen molar-refractivity contribution in [1.29, 1.82) is 0 Å². The van der Waals surface area contributed by atoms with Crippen molar-refractivity contribution in [2.75, 3.05) is 0 Å². The second-order valence-electron chi connectivity index (χ2n) is 7.54. The Morgan fingerprint density at radius 2 is 0.960 bits per heavy atom. The largest absolute Gasteiger partial charge is 2.00 e. The minimum absolute atomic E-state index is 0. The van der Waals surface area contributed by atoms with Crippen LogP contribution in [0.3, 0.4) is 0 Å². The van der Waals surface area contributed by atoms with E-state index >= 15 is 0 Å². The SMILES string of the molecule is O=C([O-])CCCC1CCCCC1.O=C([O-])CCCC1CCCCC1.[Zn+2]. The van der Waals surface area contributed by atoms with Gasteiger partial charge in [-0.05, 0) is 37.5 Å². The second kappa shape index (κ2) is 15.8. The van der Waals surface area contributed by atoms with Gasteiger partial charge in [0.25, 0.3) is 0 Å². The second-order valence-corrected chi connectivity index (χ2v) is 7.54. The number of carbonyl (C=O) groups excluding carboxylic acids is 2. The number of carboxylic acid groups (broad SMARTS) is 2. The molecule has 0 aromatic carbocycles. The molecule has 25 heavy (non-hydrogen) atoms. The third-order valence-corrected chi connectivity index (χ3v) is 5.44. The standard InChI is InChI=1S/2C10H18O2.Zn/c2*11-10(12)8-4-7-9-5-2-1-3-6-9;/h2*9H,1-8H2,(H,11,12);/q;;+2/p-2. The molecule has 0 unspecified atom stereocenters. The Kier molecular flexibility index (Phi) is 15.5. The smallest absolute Gasteiger partial charge is 0.550 e. The van der Waals surface area contributed by atoms with Crippen molar-refractivity contribution in [3.8, 4) is 0 Å². The third kappa shape index (κ3) is 14.4. The van der Waals surface area contributed by atoms with Gasteiger partial charge in [0.15, 0.2) is 0 Å². The van der Waals surface area contributed by atoms with Crippen LogP contribution in [0, 0.1) is 11.8 Å². The van der Waals surface area contributed by atoms with Crippen molar-refractivity contribution >= 4 is 11.9 Å². The summed E-state index contributed by atoms with van der Waals surface area (Å²) in [6.07, 6.45) is 17.7. The molecule has 2 saturated carbocycles. The van der Waals surface area contributed by atoms with Crippen LogP contribution in [-0.2, 0) is 29.1 Å². The van der Waals surface area contributed by atoms with Crippen molar-refractivity contribution in [2.45, 2.75) is 103 Å². The van der Waals surface area contributed by atoms with Crippen molar-refractivity contribution in [3.05, 3.63) is 0 Å². The van der Waals surface area contributed by atoms with Gasteiger partial charge in [-0.15, -0.1) is 0 Å². The average molecular weight is 404 g/mol. The van der Waals surface area contributed by atoms with E-state index in [1.54, 1.807) is 0 Å². The summed E-state index contributed by atoms with van der Waals surface area (Å²) in [7, 11) is 0. The average Bonchev–Trinajstić information content (AvgIpc) is 2.57. The molecule has 2 rings (SSSR count). The number of rotatable bonds is 8. The number of carbonyl (C=O) groups is 2. The maximum absolute atomic E-state index is 10.1. The fourth-order valence-electron chi connectivity index (χ4n) is 4.02. The van der Waals surface area contributed by atoms with Gasteiger partial charge in [-0.2, -0.15) is 0 Å². The van der Waals surface area contributed by atoms with Crippen LogP contribution in [-0.4, -0.2) is 11.9 Å². The Hall–Kier alpha value is -0.437. The first-order valence-corrected chi connectivity index (χ1v) is 9.97. The first-order chi connectivity index (χ1) is 11.6. The van der Waals surface area contributed by atoms with Crippen molar-refractivity contribution in [2.24, 2.45) is 11.8 Å². The maximum Gasteiger partial charge on any atom is 2.00 e. The van der Waals surface area contributed by atoms with Crippen LogP contribution in [0.25, 0.3) is 0 Å². The van der Waals surface area contributed by atoms with Gasteiger partial charge < -0.3 is 19.8 Å². The first-order valence-electron chi connectivity index (χ1n) is 9.97. The molecule has 140 valence electrons. The summed E-state index contributed by atoms with van der Waals surface area (Å²) in [4.78, 5) is 20.3. The van der Waals surface area contributed by atoms with Gasteiger partial charge in [0.2, 0.25) is 0 Å². The van der Waals surface area contributed by atoms with Gasteiger partial charge in [0.05, 0.1) is 0 Å². The first kappa shape index (κ1) is 24.6. The van der Waals surface area contributed by atoms with Crippen molar-refractivity contribution in [3.63, 3.8) is 0 Å². The molecule has 2 aliphatic rings. The zero-order valence-electron chi connectivity index (χ0n) is 15.8. The Morgan fingerprint density at radius 1 is 0.640 bits per heavy atom. The minimum Gasteiger partial charge on any atom is -0.550 e. The van der Waals surface area contributed by atoms with Crippen LogP contribution in [0.15, 0.2) is 0 Å². The Labute approximate surface area is 165 Å². The Balaban J connectivity index is 0.000000443. The summed E-state index contributed by atoms with van der Waals surface area (Å²) < 4.78 is 0. The van der Waals surface area contributed by atoms with Crippen molar-refractivity contribution in [1.82, 2.24) is 0 Å². The zero-order chi connectivity index (χ0) is 17.6. The fourth-order valence-corrected chi connectivity index (χ4v) is 4.02. The van der Waals surface area contributed by atoms with Crippen molar-refractivity contribution < 1.29 is 39.3 Å². The molecule has 0 saturated heterocycles. The van der Waals surface area contributed by atoms with E-state index in [1.165, 1.54) is 64.2 Å². The molecule has 0 N–H and O–H groups in total. The molecular weight excluding hydrogens is 370 g/mol. The molecule has 0 aromatic heterocycles. The summed E-state index contributed by atoms with van der Waals surface area (Å²) in [6.45, 7) is 0. The number of hydrogen-bond donors (Lipinski definition) is 0. The minimum atomic E-state index is -0.897. The molecule has 0 amide bonds. The van der Waals surface area contributed by atoms with Gasteiger partial charge in [-0.1, -0.05) is 77.0 Å². The van der Waals surface area contributed by atoms with Gasteiger partial charge >= 0.3 is 19.5 Å². The topological polar surface area (TPSA) is 80.3 Å². The number of aliphatic carboxylic acids is 2. The van der Waals surface area contributed by atoms with Crippen LogP contribution in [0.5, 0.6) is 0 Å². The molecule has 0 aromatic rings. The van der Waals surface area contributed by atoms with Gasteiger partial charge in [-0.25, -0.2) is 0 Å². The van der Waals surface area contributed by atoms with E-state index in [9.17, 15) is 19.8 Å². The van der Waals surface area contributed by atoms with E-state index in [0.29, 0.717) is 0 Å². The van der Waals surface area contributed by atoms with E-state index < -0.39 is 11.9 Å². The molecule has 2 aliphatic carbocycles. The van der Waals surface area contributed by atoms with Gasteiger partial charge in [0.1, 0.15) is 0 Å². The summed E-state index contributed by atoms with van der Waals surface area (Å²) in [5.41, 5.74) is 0. The van der Waals surface area contributed by atoms with Crippen LogP contribution < -0.4 is 10.2 Å². The van der Waals surface area contributed by atoms with E-state index in [1.807, 2.05) is 0 Å². The molecule has 5 heteroatoms. The molecule has 0 aliphatic heterocycles.